The Morgan fingerprint density at radius 3 is 2.60 bits per heavy atom. The van der Waals surface area contributed by atoms with Gasteiger partial charge >= 0.3 is 0 Å². The van der Waals surface area contributed by atoms with E-state index in [2.05, 4.69) is 43.3 Å². The van der Waals surface area contributed by atoms with Gasteiger partial charge in [0.2, 0.25) is 5.95 Å². The number of rotatable bonds is 6. The first-order chi connectivity index (χ1) is 12.4. The lowest BCUT2D eigenvalue weighted by atomic mass is 10.2. The number of aliphatic hydroxyl groups is 1. The largest absolute Gasteiger partial charge is 0.396 e. The summed E-state index contributed by atoms with van der Waals surface area (Å²) in [4.78, 5) is 4.68. The molecule has 0 radical (unpaired) electrons. The van der Waals surface area contributed by atoms with E-state index in [1.54, 1.807) is 0 Å². The maximum atomic E-state index is 8.92. The Hall–Kier alpha value is -2.99. The van der Waals surface area contributed by atoms with Crippen LogP contribution >= 0.6 is 0 Å². The van der Waals surface area contributed by atoms with E-state index in [-0.39, 0.29) is 6.61 Å². The quantitative estimate of drug-likeness (QED) is 0.531. The number of aliphatic hydroxyl groups excluding tert-OH is 1. The van der Waals surface area contributed by atoms with Crippen LogP contribution in [0.5, 0.6) is 0 Å². The van der Waals surface area contributed by atoms with Gasteiger partial charge in [-0.15, -0.1) is 10.2 Å². The minimum absolute atomic E-state index is 0.136. The van der Waals surface area contributed by atoms with Crippen LogP contribution in [-0.2, 0) is 6.54 Å². The van der Waals surface area contributed by atoms with E-state index >= 15 is 0 Å². The third kappa shape index (κ3) is 3.04. The highest BCUT2D eigenvalue weighted by Crippen LogP contribution is 2.27. The third-order valence-corrected chi connectivity index (χ3v) is 4.18. The molecule has 0 atom stereocenters. The van der Waals surface area contributed by atoms with Crippen molar-refractivity contribution >= 4 is 28.0 Å². The van der Waals surface area contributed by atoms with Gasteiger partial charge in [0.25, 0.3) is 0 Å². The highest BCUT2D eigenvalue weighted by atomic mass is 16.3. The average molecular weight is 333 g/mol. The normalized spacial score (nSPS) is 11.2. The van der Waals surface area contributed by atoms with Crippen LogP contribution in [0, 0.1) is 0 Å². The maximum Gasteiger partial charge on any atom is 0.244 e. The van der Waals surface area contributed by atoms with Gasteiger partial charge in [-0.25, -0.2) is 0 Å². The smallest absolute Gasteiger partial charge is 0.244 e. The molecule has 0 unspecified atom stereocenters. The van der Waals surface area contributed by atoms with Crippen molar-refractivity contribution < 1.29 is 5.11 Å². The summed E-state index contributed by atoms with van der Waals surface area (Å²) in [5.74, 6) is 0.484. The van der Waals surface area contributed by atoms with Crippen molar-refractivity contribution in [2.75, 3.05) is 18.5 Å². The number of nitrogens with one attached hydrogen (secondary N) is 1. The number of hydrogen-bond donors (Lipinski definition) is 2. The predicted molar refractivity (Wildman–Crippen MR) is 98.6 cm³/mol. The van der Waals surface area contributed by atoms with Crippen molar-refractivity contribution in [3.05, 3.63) is 60.2 Å². The molecule has 6 heteroatoms. The number of fused-ring (bicyclic) bond motifs is 3. The molecular formula is C19H19N5O. The van der Waals surface area contributed by atoms with Gasteiger partial charge < -0.3 is 15.0 Å². The minimum atomic E-state index is 0.136. The van der Waals surface area contributed by atoms with Gasteiger partial charge in [0.05, 0.1) is 5.52 Å². The molecule has 0 saturated carbocycles. The number of anilines is 1. The lowest BCUT2D eigenvalue weighted by molar-refractivity contribution is 0.292. The van der Waals surface area contributed by atoms with Crippen LogP contribution in [0.1, 0.15) is 12.0 Å². The molecule has 0 fully saturated rings. The second-order valence-electron chi connectivity index (χ2n) is 5.90. The molecule has 4 rings (SSSR count). The first-order valence-electron chi connectivity index (χ1n) is 8.37. The number of benzene rings is 2. The highest BCUT2D eigenvalue weighted by Gasteiger charge is 2.14. The van der Waals surface area contributed by atoms with Gasteiger partial charge in [-0.3, -0.25) is 0 Å². The zero-order chi connectivity index (χ0) is 17.1. The molecule has 4 aromatic rings. The van der Waals surface area contributed by atoms with Crippen LogP contribution in [0.2, 0.25) is 0 Å². The van der Waals surface area contributed by atoms with E-state index in [9.17, 15) is 0 Å². The Morgan fingerprint density at radius 1 is 0.960 bits per heavy atom. The second-order valence-corrected chi connectivity index (χ2v) is 5.90. The van der Waals surface area contributed by atoms with Crippen molar-refractivity contribution in [1.29, 1.82) is 0 Å². The SMILES string of the molecule is OCCCNc1nnc2c3ccccc3n(Cc3ccccc3)c2n1. The standard InChI is InChI=1S/C19H19N5O/c25-12-6-11-20-19-21-18-17(22-23-19)15-9-4-5-10-16(15)24(18)13-14-7-2-1-3-8-14/h1-5,7-10,25H,6,11-13H2,(H,20,21,23). The van der Waals surface area contributed by atoms with E-state index in [0.29, 0.717) is 18.9 Å². The number of aromatic nitrogens is 4. The molecule has 0 spiro atoms. The molecule has 6 nitrogen and oxygen atoms in total. The van der Waals surface area contributed by atoms with Gasteiger partial charge in [-0.1, -0.05) is 48.5 Å². The van der Waals surface area contributed by atoms with Crippen molar-refractivity contribution in [2.45, 2.75) is 13.0 Å². The van der Waals surface area contributed by atoms with Crippen LogP contribution < -0.4 is 5.32 Å². The predicted octanol–water partition coefficient (Wildman–Crippen LogP) is 2.82. The number of para-hydroxylation sites is 1. The Morgan fingerprint density at radius 2 is 1.76 bits per heavy atom. The van der Waals surface area contributed by atoms with Crippen LogP contribution in [0.15, 0.2) is 54.6 Å². The summed E-state index contributed by atoms with van der Waals surface area (Å²) in [6.45, 7) is 1.47. The van der Waals surface area contributed by atoms with E-state index in [4.69, 9.17) is 5.11 Å². The summed E-state index contributed by atoms with van der Waals surface area (Å²) in [6, 6.07) is 18.5. The minimum Gasteiger partial charge on any atom is -0.396 e. The molecule has 2 aromatic carbocycles. The topological polar surface area (TPSA) is 75.9 Å². The fourth-order valence-corrected chi connectivity index (χ4v) is 2.98. The van der Waals surface area contributed by atoms with Crippen molar-refractivity contribution in [2.24, 2.45) is 0 Å². The first-order valence-corrected chi connectivity index (χ1v) is 8.37. The molecule has 2 aromatic heterocycles. The molecular weight excluding hydrogens is 314 g/mol. The van der Waals surface area contributed by atoms with Crippen molar-refractivity contribution in [1.82, 2.24) is 19.7 Å². The molecule has 0 aliphatic rings. The zero-order valence-electron chi connectivity index (χ0n) is 13.8. The summed E-state index contributed by atoms with van der Waals surface area (Å²) in [5, 5.41) is 21.7. The summed E-state index contributed by atoms with van der Waals surface area (Å²) >= 11 is 0. The molecule has 2 N–H and O–H groups in total. The summed E-state index contributed by atoms with van der Waals surface area (Å²) in [7, 11) is 0. The first kappa shape index (κ1) is 15.5. The van der Waals surface area contributed by atoms with Crippen LogP contribution in [0.4, 0.5) is 5.95 Å². The Balaban J connectivity index is 1.82. The highest BCUT2D eigenvalue weighted by molar-refractivity contribution is 6.04. The lowest BCUT2D eigenvalue weighted by Gasteiger charge is -2.07. The summed E-state index contributed by atoms with van der Waals surface area (Å²) in [6.07, 6.45) is 0.647. The summed E-state index contributed by atoms with van der Waals surface area (Å²) < 4.78 is 2.17. The fraction of sp³-hybridized carbons (Fsp3) is 0.211. The molecule has 126 valence electrons. The van der Waals surface area contributed by atoms with E-state index in [0.717, 1.165) is 28.6 Å². The van der Waals surface area contributed by atoms with E-state index in [1.165, 1.54) is 5.56 Å². The van der Waals surface area contributed by atoms with Crippen molar-refractivity contribution in [3.8, 4) is 0 Å². The molecule has 2 heterocycles. The van der Waals surface area contributed by atoms with E-state index in [1.807, 2.05) is 36.4 Å². The average Bonchev–Trinajstić information content (AvgIpc) is 2.96. The zero-order valence-corrected chi connectivity index (χ0v) is 13.8. The second kappa shape index (κ2) is 6.86. The monoisotopic (exact) mass is 333 g/mol. The molecule has 0 aliphatic carbocycles. The lowest BCUT2D eigenvalue weighted by Crippen LogP contribution is -2.09. The number of nitrogens with zero attached hydrogens (tertiary/aromatic N) is 4. The van der Waals surface area contributed by atoms with Gasteiger partial charge in [0, 0.05) is 25.1 Å². The van der Waals surface area contributed by atoms with E-state index < -0.39 is 0 Å². The van der Waals surface area contributed by atoms with Gasteiger partial charge in [0.15, 0.2) is 5.65 Å². The third-order valence-electron chi connectivity index (χ3n) is 4.18. The molecule has 0 aliphatic heterocycles. The number of hydrogen-bond acceptors (Lipinski definition) is 5. The van der Waals surface area contributed by atoms with Crippen LogP contribution in [0.3, 0.4) is 0 Å². The van der Waals surface area contributed by atoms with Crippen LogP contribution in [0.25, 0.3) is 22.1 Å². The molecule has 0 amide bonds. The summed E-state index contributed by atoms with van der Waals surface area (Å²) in [5.41, 5.74) is 3.92. The Labute approximate surface area is 145 Å². The van der Waals surface area contributed by atoms with Crippen LogP contribution in [-0.4, -0.2) is 38.0 Å². The maximum absolute atomic E-state index is 8.92. The molecule has 0 bridgehead atoms. The Kier molecular flexibility index (Phi) is 4.26. The van der Waals surface area contributed by atoms with Gasteiger partial charge in [-0.2, -0.15) is 4.98 Å². The van der Waals surface area contributed by atoms with Gasteiger partial charge in [0.1, 0.15) is 5.52 Å². The van der Waals surface area contributed by atoms with Crippen molar-refractivity contribution in [3.63, 3.8) is 0 Å². The Bertz CT molecular complexity index is 997. The molecule has 0 saturated heterocycles. The fourth-order valence-electron chi connectivity index (χ4n) is 2.98. The molecule has 25 heavy (non-hydrogen) atoms. The van der Waals surface area contributed by atoms with Gasteiger partial charge in [-0.05, 0) is 18.1 Å².